The molecule has 9 nitrogen and oxygen atoms in total. The van der Waals surface area contributed by atoms with Gasteiger partial charge in [-0.15, -0.1) is 13.2 Å². The Labute approximate surface area is 183 Å². The molecule has 0 unspecified atom stereocenters. The van der Waals surface area contributed by atoms with Gasteiger partial charge in [-0.3, -0.25) is 18.7 Å². The summed E-state index contributed by atoms with van der Waals surface area (Å²) in [5.74, 6) is -0.906. The second kappa shape index (κ2) is 8.73. The van der Waals surface area contributed by atoms with Gasteiger partial charge in [0.1, 0.15) is 5.75 Å². The van der Waals surface area contributed by atoms with Gasteiger partial charge in [-0.1, -0.05) is 11.8 Å². The first kappa shape index (κ1) is 23.4. The molecular formula is C19H20F3N5O4S. The molecule has 0 saturated heterocycles. The number of hydrogen-bond acceptors (Lipinski definition) is 6. The van der Waals surface area contributed by atoms with E-state index in [2.05, 4.69) is 15.0 Å². The highest BCUT2D eigenvalue weighted by Crippen LogP contribution is 2.26. The van der Waals surface area contributed by atoms with Crippen molar-refractivity contribution in [3.8, 4) is 5.75 Å². The van der Waals surface area contributed by atoms with Crippen LogP contribution in [0, 0.1) is 0 Å². The molecule has 0 aliphatic rings. The van der Waals surface area contributed by atoms with Gasteiger partial charge in [-0.05, 0) is 38.1 Å². The summed E-state index contributed by atoms with van der Waals surface area (Å²) in [7, 11) is 2.89. The summed E-state index contributed by atoms with van der Waals surface area (Å²) in [5, 5.41) is 2.96. The van der Waals surface area contributed by atoms with Gasteiger partial charge in [-0.2, -0.15) is 0 Å². The van der Waals surface area contributed by atoms with E-state index >= 15 is 0 Å². The fraction of sp³-hybridized carbons (Fsp3) is 0.368. The minimum absolute atomic E-state index is 0.0783. The van der Waals surface area contributed by atoms with Crippen LogP contribution in [-0.4, -0.2) is 36.7 Å². The van der Waals surface area contributed by atoms with E-state index in [1.165, 1.54) is 30.8 Å². The maximum Gasteiger partial charge on any atom is 0.573 e. The second-order valence-corrected chi connectivity index (χ2v) is 8.09. The minimum atomic E-state index is -4.80. The first-order chi connectivity index (χ1) is 14.9. The molecule has 3 rings (SSSR count). The number of fused-ring (bicyclic) bond motifs is 1. The number of ether oxygens (including phenoxy) is 1. The number of rotatable bonds is 6. The minimum Gasteiger partial charge on any atom is -0.406 e. The fourth-order valence-electron chi connectivity index (χ4n) is 3.04. The van der Waals surface area contributed by atoms with Crippen LogP contribution in [0.5, 0.6) is 5.75 Å². The summed E-state index contributed by atoms with van der Waals surface area (Å²) in [6.07, 6.45) is -4.80. The Morgan fingerprint density at radius 2 is 1.78 bits per heavy atom. The lowest BCUT2D eigenvalue weighted by Crippen LogP contribution is -2.37. The first-order valence-corrected chi connectivity index (χ1v) is 10.3. The maximum atomic E-state index is 12.7. The van der Waals surface area contributed by atoms with E-state index in [0.717, 1.165) is 28.5 Å². The van der Waals surface area contributed by atoms with E-state index < -0.39 is 29.3 Å². The number of imidazole rings is 1. The lowest BCUT2D eigenvalue weighted by Gasteiger charge is -2.13. The molecule has 0 saturated carbocycles. The number of benzene rings is 1. The van der Waals surface area contributed by atoms with Gasteiger partial charge in [0.15, 0.2) is 16.3 Å². The SMILES string of the molecule is CC(C)n1c(SCC(=O)Nc2ccc(OC(F)(F)F)cc2)nc2c1c(=O)n(C)c(=O)n2C. The van der Waals surface area contributed by atoms with Crippen LogP contribution in [0.1, 0.15) is 19.9 Å². The number of carbonyl (C=O) groups excluding carboxylic acids is 1. The van der Waals surface area contributed by atoms with Gasteiger partial charge in [-0.25, -0.2) is 9.78 Å². The smallest absolute Gasteiger partial charge is 0.406 e. The van der Waals surface area contributed by atoms with Gasteiger partial charge in [0.2, 0.25) is 5.91 Å². The normalized spacial score (nSPS) is 11.9. The molecule has 32 heavy (non-hydrogen) atoms. The summed E-state index contributed by atoms with van der Waals surface area (Å²) < 4.78 is 44.4. The maximum absolute atomic E-state index is 12.7. The van der Waals surface area contributed by atoms with E-state index in [1.807, 2.05) is 13.8 Å². The summed E-state index contributed by atoms with van der Waals surface area (Å²) in [5.41, 5.74) is -0.230. The Bertz CT molecular complexity index is 1280. The number of halogens is 3. The van der Waals surface area contributed by atoms with Crippen LogP contribution in [-0.2, 0) is 18.9 Å². The molecule has 3 aromatic rings. The van der Waals surface area contributed by atoms with Crippen LogP contribution in [0.15, 0.2) is 39.0 Å². The largest absolute Gasteiger partial charge is 0.573 e. The van der Waals surface area contributed by atoms with Crippen molar-refractivity contribution in [2.24, 2.45) is 14.1 Å². The van der Waals surface area contributed by atoms with Gasteiger partial charge in [0.25, 0.3) is 5.56 Å². The standard InChI is InChI=1S/C19H20F3N5O4S/c1-10(2)27-14-15(25(3)18(30)26(4)16(14)29)24-17(27)32-9-13(28)23-11-5-7-12(8-6-11)31-19(20,21)22/h5-8,10H,9H2,1-4H3,(H,23,28). The summed E-state index contributed by atoms with van der Waals surface area (Å²) in [4.78, 5) is 41.6. The summed E-state index contributed by atoms with van der Waals surface area (Å²) >= 11 is 1.07. The third-order valence-electron chi connectivity index (χ3n) is 4.48. The molecular weight excluding hydrogens is 451 g/mol. The summed E-state index contributed by atoms with van der Waals surface area (Å²) in [6, 6.07) is 4.57. The molecule has 0 spiro atoms. The number of amides is 1. The topological polar surface area (TPSA) is 100 Å². The average Bonchev–Trinajstić information content (AvgIpc) is 3.09. The number of aryl methyl sites for hydroxylation is 1. The van der Waals surface area contributed by atoms with Crippen LogP contribution >= 0.6 is 11.8 Å². The molecule has 2 aromatic heterocycles. The third-order valence-corrected chi connectivity index (χ3v) is 5.43. The quantitative estimate of drug-likeness (QED) is 0.555. The van der Waals surface area contributed by atoms with E-state index in [0.29, 0.717) is 10.8 Å². The first-order valence-electron chi connectivity index (χ1n) is 9.35. The van der Waals surface area contributed by atoms with Crippen molar-refractivity contribution in [1.82, 2.24) is 18.7 Å². The fourth-order valence-corrected chi connectivity index (χ4v) is 3.97. The number of nitrogens with zero attached hydrogens (tertiary/aromatic N) is 4. The van der Waals surface area contributed by atoms with Crippen molar-refractivity contribution in [2.75, 3.05) is 11.1 Å². The van der Waals surface area contributed by atoms with Crippen LogP contribution in [0.4, 0.5) is 18.9 Å². The van der Waals surface area contributed by atoms with Gasteiger partial charge >= 0.3 is 12.1 Å². The van der Waals surface area contributed by atoms with E-state index in [1.54, 1.807) is 4.57 Å². The number of carbonyl (C=O) groups is 1. The molecule has 0 aliphatic heterocycles. The molecule has 2 heterocycles. The number of thioether (sulfide) groups is 1. The second-order valence-electron chi connectivity index (χ2n) is 7.15. The number of nitrogens with one attached hydrogen (secondary N) is 1. The molecule has 172 valence electrons. The average molecular weight is 471 g/mol. The van der Waals surface area contributed by atoms with Gasteiger partial charge in [0.05, 0.1) is 5.75 Å². The predicted molar refractivity (Wildman–Crippen MR) is 113 cm³/mol. The highest BCUT2D eigenvalue weighted by atomic mass is 32.2. The highest BCUT2D eigenvalue weighted by Gasteiger charge is 2.31. The van der Waals surface area contributed by atoms with Crippen molar-refractivity contribution < 1.29 is 22.7 Å². The van der Waals surface area contributed by atoms with Crippen LogP contribution in [0.25, 0.3) is 11.2 Å². The summed E-state index contributed by atoms with van der Waals surface area (Å²) in [6.45, 7) is 3.70. The highest BCUT2D eigenvalue weighted by molar-refractivity contribution is 7.99. The monoisotopic (exact) mass is 471 g/mol. The molecule has 1 aromatic carbocycles. The van der Waals surface area contributed by atoms with Gasteiger partial charge in [0, 0.05) is 25.8 Å². The Hall–Kier alpha value is -3.22. The van der Waals surface area contributed by atoms with E-state index in [4.69, 9.17) is 0 Å². The predicted octanol–water partition coefficient (Wildman–Crippen LogP) is 2.64. The van der Waals surface area contributed by atoms with Crippen molar-refractivity contribution >= 4 is 34.5 Å². The molecule has 0 bridgehead atoms. The van der Waals surface area contributed by atoms with Crippen molar-refractivity contribution in [3.63, 3.8) is 0 Å². The number of aromatic nitrogens is 4. The molecule has 0 radical (unpaired) electrons. The van der Waals surface area contributed by atoms with E-state index in [9.17, 15) is 27.6 Å². The zero-order valence-corrected chi connectivity index (χ0v) is 18.4. The third kappa shape index (κ3) is 4.82. The van der Waals surface area contributed by atoms with Gasteiger partial charge < -0.3 is 14.6 Å². The molecule has 0 fully saturated rings. The molecule has 13 heteroatoms. The Balaban J connectivity index is 1.79. The van der Waals surface area contributed by atoms with Crippen molar-refractivity contribution in [1.29, 1.82) is 0 Å². The molecule has 0 aliphatic carbocycles. The molecule has 1 amide bonds. The Kier molecular flexibility index (Phi) is 6.39. The van der Waals surface area contributed by atoms with Crippen molar-refractivity contribution in [3.05, 3.63) is 45.1 Å². The molecule has 1 N–H and O–H groups in total. The lowest BCUT2D eigenvalue weighted by atomic mass is 10.3. The number of anilines is 1. The van der Waals surface area contributed by atoms with Crippen molar-refractivity contribution in [2.45, 2.75) is 31.4 Å². The number of alkyl halides is 3. The lowest BCUT2D eigenvalue weighted by molar-refractivity contribution is -0.274. The molecule has 0 atom stereocenters. The zero-order chi connectivity index (χ0) is 23.8. The zero-order valence-electron chi connectivity index (χ0n) is 17.6. The van der Waals surface area contributed by atoms with E-state index in [-0.39, 0.29) is 23.0 Å². The van der Waals surface area contributed by atoms with Crippen LogP contribution in [0.3, 0.4) is 0 Å². The Morgan fingerprint density at radius 3 is 2.34 bits per heavy atom. The van der Waals surface area contributed by atoms with Crippen LogP contribution < -0.4 is 21.3 Å². The Morgan fingerprint density at radius 1 is 1.16 bits per heavy atom. The number of hydrogen-bond donors (Lipinski definition) is 1. The van der Waals surface area contributed by atoms with Crippen LogP contribution in [0.2, 0.25) is 0 Å².